The molecule has 0 aliphatic rings. The number of halogens is 2. The second-order valence-corrected chi connectivity index (χ2v) is 9.72. The van der Waals surface area contributed by atoms with Crippen LogP contribution in [0.5, 0.6) is 0 Å². The summed E-state index contributed by atoms with van der Waals surface area (Å²) in [4.78, 5) is 14.5. The Morgan fingerprint density at radius 1 is 0.316 bits per heavy atom. The van der Waals surface area contributed by atoms with Gasteiger partial charge in [-0.25, -0.2) is 15.0 Å². The van der Waals surface area contributed by atoms with Crippen LogP contribution in [0, 0.1) is 0 Å². The molecular formula is C33H21Cl2N3. The smallest absolute Gasteiger partial charge is 0.164 e. The van der Waals surface area contributed by atoms with Crippen LogP contribution in [0.3, 0.4) is 0 Å². The topological polar surface area (TPSA) is 38.7 Å². The third kappa shape index (κ3) is 5.21. The van der Waals surface area contributed by atoms with E-state index in [1.807, 2.05) is 72.8 Å². The van der Waals surface area contributed by atoms with Crippen LogP contribution in [0.15, 0.2) is 127 Å². The van der Waals surface area contributed by atoms with Crippen LogP contribution in [-0.2, 0) is 0 Å². The van der Waals surface area contributed by atoms with Crippen LogP contribution >= 0.6 is 23.2 Å². The third-order valence-electron chi connectivity index (χ3n) is 6.26. The lowest BCUT2D eigenvalue weighted by Crippen LogP contribution is -2.00. The molecule has 0 spiro atoms. The first-order valence-corrected chi connectivity index (χ1v) is 12.9. The molecule has 0 aliphatic heterocycles. The summed E-state index contributed by atoms with van der Waals surface area (Å²) in [6.07, 6.45) is 0. The summed E-state index contributed by atoms with van der Waals surface area (Å²) in [7, 11) is 0. The highest BCUT2D eigenvalue weighted by molar-refractivity contribution is 6.35. The predicted molar refractivity (Wildman–Crippen MR) is 157 cm³/mol. The van der Waals surface area contributed by atoms with Gasteiger partial charge in [0.15, 0.2) is 17.5 Å². The molecule has 1 heterocycles. The van der Waals surface area contributed by atoms with Crippen LogP contribution in [-0.4, -0.2) is 15.0 Å². The van der Waals surface area contributed by atoms with Crippen LogP contribution in [0.25, 0.3) is 56.4 Å². The Bertz CT molecular complexity index is 1580. The number of nitrogens with zero attached hydrogens (tertiary/aromatic N) is 3. The van der Waals surface area contributed by atoms with E-state index < -0.39 is 0 Å². The molecule has 0 bridgehead atoms. The molecule has 0 fully saturated rings. The zero-order valence-corrected chi connectivity index (χ0v) is 21.7. The fourth-order valence-corrected chi connectivity index (χ4v) is 4.86. The summed E-state index contributed by atoms with van der Waals surface area (Å²) in [5.74, 6) is 1.66. The van der Waals surface area contributed by atoms with E-state index in [0.717, 1.165) is 38.9 Å². The van der Waals surface area contributed by atoms with Gasteiger partial charge in [-0.15, -0.1) is 0 Å². The molecule has 0 saturated heterocycles. The maximum Gasteiger partial charge on any atom is 0.164 e. The summed E-state index contributed by atoms with van der Waals surface area (Å²) >= 11 is 12.6. The highest BCUT2D eigenvalue weighted by Gasteiger charge is 2.14. The quantitative estimate of drug-likeness (QED) is 0.223. The summed E-state index contributed by atoms with van der Waals surface area (Å²) in [5.41, 5.74) is 7.08. The lowest BCUT2D eigenvalue weighted by atomic mass is 10.0. The van der Waals surface area contributed by atoms with Crippen molar-refractivity contribution in [2.75, 3.05) is 0 Å². The largest absolute Gasteiger partial charge is 0.208 e. The number of benzene rings is 5. The fourth-order valence-electron chi connectivity index (χ4n) is 4.33. The molecule has 0 radical (unpaired) electrons. The van der Waals surface area contributed by atoms with Gasteiger partial charge in [0.05, 0.1) is 0 Å². The van der Waals surface area contributed by atoms with Gasteiger partial charge in [0.1, 0.15) is 0 Å². The van der Waals surface area contributed by atoms with Crippen molar-refractivity contribution in [2.45, 2.75) is 0 Å². The molecule has 38 heavy (non-hydrogen) atoms. The van der Waals surface area contributed by atoms with Crippen LogP contribution in [0.4, 0.5) is 0 Å². The molecule has 0 amide bonds. The first-order chi connectivity index (χ1) is 18.6. The van der Waals surface area contributed by atoms with Gasteiger partial charge in [0.2, 0.25) is 0 Å². The molecule has 5 aromatic carbocycles. The number of aromatic nitrogens is 3. The Labute approximate surface area is 231 Å². The Morgan fingerprint density at radius 2 is 0.632 bits per heavy atom. The molecule has 0 atom stereocenters. The molecule has 6 aromatic rings. The van der Waals surface area contributed by atoms with Gasteiger partial charge in [-0.05, 0) is 40.5 Å². The summed E-state index contributed by atoms with van der Waals surface area (Å²) < 4.78 is 0. The van der Waals surface area contributed by atoms with Crippen molar-refractivity contribution in [1.82, 2.24) is 15.0 Å². The normalized spacial score (nSPS) is 10.9. The molecule has 0 aliphatic carbocycles. The maximum absolute atomic E-state index is 6.31. The maximum atomic E-state index is 6.31. The molecule has 182 valence electrons. The van der Waals surface area contributed by atoms with Gasteiger partial charge >= 0.3 is 0 Å². The molecule has 5 heteroatoms. The first kappa shape index (κ1) is 24.1. The number of hydrogen-bond donors (Lipinski definition) is 0. The summed E-state index contributed by atoms with van der Waals surface area (Å²) in [5, 5.41) is 1.05. The fraction of sp³-hybridized carbons (Fsp3) is 0. The summed E-state index contributed by atoms with van der Waals surface area (Å²) in [6.45, 7) is 0. The third-order valence-corrected chi connectivity index (χ3v) is 6.69. The Morgan fingerprint density at radius 3 is 1.03 bits per heavy atom. The lowest BCUT2D eigenvalue weighted by Gasteiger charge is -2.10. The predicted octanol–water partition coefficient (Wildman–Crippen LogP) is 9.51. The number of hydrogen-bond acceptors (Lipinski definition) is 3. The van der Waals surface area contributed by atoms with Crippen molar-refractivity contribution in [3.05, 3.63) is 137 Å². The molecule has 0 N–H and O–H groups in total. The minimum absolute atomic E-state index is 0.508. The zero-order chi connectivity index (χ0) is 25.9. The van der Waals surface area contributed by atoms with Crippen molar-refractivity contribution in [3.8, 4) is 56.4 Å². The van der Waals surface area contributed by atoms with Gasteiger partial charge in [-0.3, -0.25) is 0 Å². The molecule has 3 nitrogen and oxygen atoms in total. The van der Waals surface area contributed by atoms with Crippen molar-refractivity contribution in [3.63, 3.8) is 0 Å². The minimum atomic E-state index is 0.508. The Hall–Kier alpha value is -4.31. The average molecular weight is 530 g/mol. The zero-order valence-electron chi connectivity index (χ0n) is 20.2. The van der Waals surface area contributed by atoms with Gasteiger partial charge < -0.3 is 0 Å². The van der Waals surface area contributed by atoms with E-state index in [9.17, 15) is 0 Å². The van der Waals surface area contributed by atoms with Gasteiger partial charge in [0, 0.05) is 26.7 Å². The highest BCUT2D eigenvalue weighted by atomic mass is 35.5. The van der Waals surface area contributed by atoms with E-state index in [4.69, 9.17) is 38.2 Å². The lowest BCUT2D eigenvalue weighted by molar-refractivity contribution is 1.07. The summed E-state index contributed by atoms with van der Waals surface area (Å²) in [6, 6.07) is 42.3. The van der Waals surface area contributed by atoms with Crippen molar-refractivity contribution in [1.29, 1.82) is 0 Å². The average Bonchev–Trinajstić information content (AvgIpc) is 2.97. The van der Waals surface area contributed by atoms with Crippen molar-refractivity contribution >= 4 is 23.2 Å². The second-order valence-electron chi connectivity index (χ2n) is 8.85. The molecule has 6 rings (SSSR count). The molecule has 1 aromatic heterocycles. The number of rotatable bonds is 5. The minimum Gasteiger partial charge on any atom is -0.208 e. The SMILES string of the molecule is Clc1cc(Cl)cc(-c2nc(-c3ccc(-c4ccccc4)cc3)nc(-c3ccc(-c4ccccc4)cc3)n2)c1. The molecule has 0 unspecified atom stereocenters. The van der Waals surface area contributed by atoms with E-state index in [2.05, 4.69) is 48.5 Å². The van der Waals surface area contributed by atoms with E-state index in [1.165, 1.54) is 0 Å². The second kappa shape index (κ2) is 10.6. The van der Waals surface area contributed by atoms with E-state index in [-0.39, 0.29) is 0 Å². The van der Waals surface area contributed by atoms with Crippen LogP contribution < -0.4 is 0 Å². The Balaban J connectivity index is 1.44. The van der Waals surface area contributed by atoms with Gasteiger partial charge in [-0.1, -0.05) is 132 Å². The van der Waals surface area contributed by atoms with Gasteiger partial charge in [-0.2, -0.15) is 0 Å². The van der Waals surface area contributed by atoms with E-state index in [1.54, 1.807) is 6.07 Å². The van der Waals surface area contributed by atoms with E-state index >= 15 is 0 Å². The monoisotopic (exact) mass is 529 g/mol. The van der Waals surface area contributed by atoms with Crippen LogP contribution in [0.1, 0.15) is 0 Å². The highest BCUT2D eigenvalue weighted by Crippen LogP contribution is 2.30. The first-order valence-electron chi connectivity index (χ1n) is 12.2. The van der Waals surface area contributed by atoms with Crippen LogP contribution in [0.2, 0.25) is 10.0 Å². The van der Waals surface area contributed by atoms with Gasteiger partial charge in [0.25, 0.3) is 0 Å². The molecular weight excluding hydrogens is 509 g/mol. The van der Waals surface area contributed by atoms with Crippen molar-refractivity contribution in [2.24, 2.45) is 0 Å². The van der Waals surface area contributed by atoms with Crippen molar-refractivity contribution < 1.29 is 0 Å². The standard InChI is InChI=1S/C33H21Cl2N3/c34-29-19-28(20-30(35)21-29)33-37-31(26-15-11-24(12-16-26)22-7-3-1-4-8-22)36-32(38-33)27-17-13-25(14-18-27)23-9-5-2-6-10-23/h1-21H. The molecule has 0 saturated carbocycles. The Kier molecular flexibility index (Phi) is 6.70. The van der Waals surface area contributed by atoms with E-state index in [0.29, 0.717) is 27.5 Å².